The van der Waals surface area contributed by atoms with Gasteiger partial charge >= 0.3 is 5.54 Å². The van der Waals surface area contributed by atoms with E-state index in [0.717, 1.165) is 5.57 Å². The van der Waals surface area contributed by atoms with Gasteiger partial charge in [-0.05, 0) is 6.92 Å². The van der Waals surface area contributed by atoms with E-state index >= 15 is 0 Å². The van der Waals surface area contributed by atoms with E-state index in [1.807, 2.05) is 37.3 Å². The Morgan fingerprint density at radius 3 is 2.61 bits per heavy atom. The molecule has 2 rings (SSSR count). The van der Waals surface area contributed by atoms with Crippen LogP contribution in [0.1, 0.15) is 24.2 Å². The lowest BCUT2D eigenvalue weighted by Crippen LogP contribution is -2.35. The fraction of sp³-hybridized carbons (Fsp3) is 0.267. The van der Waals surface area contributed by atoms with Crippen molar-refractivity contribution in [1.29, 1.82) is 5.39 Å². The summed E-state index contributed by atoms with van der Waals surface area (Å²) in [5.41, 5.74) is 0.758. The van der Waals surface area contributed by atoms with Gasteiger partial charge in [0.2, 0.25) is 5.39 Å². The quantitative estimate of drug-likeness (QED) is 0.584. The van der Waals surface area contributed by atoms with Gasteiger partial charge in [0, 0.05) is 18.6 Å². The van der Waals surface area contributed by atoms with Crippen molar-refractivity contribution >= 4 is 5.78 Å². The van der Waals surface area contributed by atoms with Crippen LogP contribution in [0.3, 0.4) is 0 Å². The largest absolute Gasteiger partial charge is 0.351 e. The Labute approximate surface area is 106 Å². The van der Waals surface area contributed by atoms with E-state index in [9.17, 15) is 10.2 Å². The second-order valence-electron chi connectivity index (χ2n) is 4.78. The first-order chi connectivity index (χ1) is 8.57. The lowest BCUT2D eigenvalue weighted by molar-refractivity contribution is 0.0923. The molecule has 0 amide bonds. The van der Waals surface area contributed by atoms with Gasteiger partial charge in [-0.1, -0.05) is 48.1 Å². The van der Waals surface area contributed by atoms with Crippen LogP contribution < -0.4 is 0 Å². The smallest absolute Gasteiger partial charge is 0.293 e. The lowest BCUT2D eigenvalue weighted by atomic mass is 9.77. The van der Waals surface area contributed by atoms with Crippen molar-refractivity contribution in [2.24, 2.45) is 5.92 Å². The molecule has 18 heavy (non-hydrogen) atoms. The summed E-state index contributed by atoms with van der Waals surface area (Å²) < 4.78 is 0. The van der Waals surface area contributed by atoms with Crippen molar-refractivity contribution in [3.63, 3.8) is 0 Å². The van der Waals surface area contributed by atoms with Crippen LogP contribution in [0.25, 0.3) is 4.98 Å². The van der Waals surface area contributed by atoms with E-state index in [1.54, 1.807) is 25.1 Å². The highest BCUT2D eigenvalue weighted by molar-refractivity contribution is 6.00. The van der Waals surface area contributed by atoms with Crippen LogP contribution in [0.15, 0.2) is 54.1 Å². The standard InChI is InChI=1S/C15H15N2O/c1-11-8-9-15(2,17-16)13(10-11)14(18)12-6-4-3-5-7-12/h3-10,13H,1-2H3/q+1. The number of rotatable bonds is 2. The van der Waals surface area contributed by atoms with Gasteiger partial charge in [-0.15, -0.1) is 0 Å². The zero-order chi connectivity index (χ0) is 13.2. The van der Waals surface area contributed by atoms with Gasteiger partial charge in [-0.3, -0.25) is 4.79 Å². The molecular weight excluding hydrogens is 224 g/mol. The average Bonchev–Trinajstić information content (AvgIpc) is 2.42. The number of hydrogen-bond donors (Lipinski definition) is 0. The van der Waals surface area contributed by atoms with E-state index in [4.69, 9.17) is 0 Å². The summed E-state index contributed by atoms with van der Waals surface area (Å²) in [6.07, 6.45) is 5.50. The molecule has 2 atom stereocenters. The van der Waals surface area contributed by atoms with Crippen LogP contribution in [0, 0.1) is 11.3 Å². The van der Waals surface area contributed by atoms with E-state index in [1.165, 1.54) is 0 Å². The van der Waals surface area contributed by atoms with E-state index in [-0.39, 0.29) is 5.78 Å². The first-order valence-electron chi connectivity index (χ1n) is 5.90. The molecule has 1 aliphatic carbocycles. The molecule has 0 fully saturated rings. The molecule has 0 heterocycles. The predicted molar refractivity (Wildman–Crippen MR) is 70.6 cm³/mol. The minimum atomic E-state index is -0.883. The Balaban J connectivity index is 2.41. The van der Waals surface area contributed by atoms with Crippen LogP contribution in [-0.2, 0) is 0 Å². The fourth-order valence-corrected chi connectivity index (χ4v) is 2.11. The Morgan fingerprint density at radius 2 is 2.00 bits per heavy atom. The summed E-state index contributed by atoms with van der Waals surface area (Å²) in [5.74, 6) is -0.491. The highest BCUT2D eigenvalue weighted by Gasteiger charge is 2.49. The van der Waals surface area contributed by atoms with Crippen LogP contribution in [0.2, 0.25) is 0 Å². The number of carbonyl (C=O) groups is 1. The third kappa shape index (κ3) is 2.10. The Morgan fingerprint density at radius 1 is 1.33 bits per heavy atom. The molecule has 0 aromatic heterocycles. The van der Waals surface area contributed by atoms with Crippen molar-refractivity contribution in [1.82, 2.24) is 0 Å². The minimum Gasteiger partial charge on any atom is -0.293 e. The highest BCUT2D eigenvalue weighted by atomic mass is 16.1. The van der Waals surface area contributed by atoms with Gasteiger partial charge in [-0.25, -0.2) is 0 Å². The molecule has 0 saturated carbocycles. The summed E-state index contributed by atoms with van der Waals surface area (Å²) >= 11 is 0. The topological polar surface area (TPSA) is 45.2 Å². The van der Waals surface area contributed by atoms with Crippen molar-refractivity contribution in [3.8, 4) is 0 Å². The van der Waals surface area contributed by atoms with Gasteiger partial charge in [0.15, 0.2) is 5.78 Å². The summed E-state index contributed by atoms with van der Waals surface area (Å²) in [4.78, 5) is 15.9. The molecule has 3 heteroatoms. The third-order valence-corrected chi connectivity index (χ3v) is 3.30. The molecular formula is C15H15N2O+. The van der Waals surface area contributed by atoms with Gasteiger partial charge in [0.05, 0.1) is 0 Å². The molecule has 1 aromatic rings. The van der Waals surface area contributed by atoms with E-state index in [2.05, 4.69) is 4.98 Å². The van der Waals surface area contributed by atoms with Gasteiger partial charge in [0.25, 0.3) is 0 Å². The number of allylic oxidation sites excluding steroid dienone is 2. The molecule has 90 valence electrons. The molecule has 0 bridgehead atoms. The number of carbonyl (C=O) groups excluding carboxylic acids is 1. The number of diazo groups is 1. The second kappa shape index (κ2) is 4.58. The van der Waals surface area contributed by atoms with E-state index < -0.39 is 11.5 Å². The molecule has 1 aliphatic rings. The Kier molecular flexibility index (Phi) is 3.12. The third-order valence-electron chi connectivity index (χ3n) is 3.30. The summed E-state index contributed by atoms with van der Waals surface area (Å²) in [5, 5.41) is 9.20. The number of Topliss-reactive ketones (excluding diaryl/α,β-unsaturated/α-hetero) is 1. The molecule has 2 unspecified atom stereocenters. The fourth-order valence-electron chi connectivity index (χ4n) is 2.11. The summed E-state index contributed by atoms with van der Waals surface area (Å²) in [6, 6.07) is 9.09. The maximum absolute atomic E-state index is 12.5. The molecule has 0 spiro atoms. The van der Waals surface area contributed by atoms with Crippen LogP contribution in [0.5, 0.6) is 0 Å². The van der Waals surface area contributed by atoms with Crippen molar-refractivity contribution in [3.05, 3.63) is 64.7 Å². The van der Waals surface area contributed by atoms with Crippen LogP contribution >= 0.6 is 0 Å². The van der Waals surface area contributed by atoms with Crippen LogP contribution in [-0.4, -0.2) is 11.3 Å². The zero-order valence-corrected chi connectivity index (χ0v) is 10.5. The van der Waals surface area contributed by atoms with Crippen molar-refractivity contribution < 1.29 is 4.79 Å². The monoisotopic (exact) mass is 239 g/mol. The number of benzene rings is 1. The Bertz CT molecular complexity index is 566. The molecule has 0 radical (unpaired) electrons. The first kappa shape index (κ1) is 12.3. The highest BCUT2D eigenvalue weighted by Crippen LogP contribution is 2.33. The van der Waals surface area contributed by atoms with Crippen molar-refractivity contribution in [2.45, 2.75) is 19.4 Å². The maximum atomic E-state index is 12.5. The number of hydrogen-bond acceptors (Lipinski definition) is 2. The SMILES string of the molecule is CC1=CC(C(=O)c2ccccc2)C(C)([N+]#N)C=C1. The molecule has 3 nitrogen and oxygen atoms in total. The average molecular weight is 239 g/mol. The van der Waals surface area contributed by atoms with Crippen LogP contribution in [0.4, 0.5) is 0 Å². The number of nitrogens with zero attached hydrogens (tertiary/aromatic N) is 2. The normalized spacial score (nSPS) is 26.3. The molecule has 0 saturated heterocycles. The molecule has 0 N–H and O–H groups in total. The second-order valence-corrected chi connectivity index (χ2v) is 4.78. The van der Waals surface area contributed by atoms with Gasteiger partial charge in [-0.2, -0.15) is 0 Å². The first-order valence-corrected chi connectivity index (χ1v) is 5.90. The maximum Gasteiger partial charge on any atom is 0.351 e. The lowest BCUT2D eigenvalue weighted by Gasteiger charge is -2.19. The van der Waals surface area contributed by atoms with Gasteiger partial charge < -0.3 is 0 Å². The van der Waals surface area contributed by atoms with E-state index in [0.29, 0.717) is 5.56 Å². The summed E-state index contributed by atoms with van der Waals surface area (Å²) in [6.45, 7) is 3.68. The minimum absolute atomic E-state index is 0.0281. The predicted octanol–water partition coefficient (Wildman–Crippen LogP) is 3.61. The number of ketones is 1. The molecule has 0 aliphatic heterocycles. The van der Waals surface area contributed by atoms with Gasteiger partial charge in [0.1, 0.15) is 10.9 Å². The summed E-state index contributed by atoms with van der Waals surface area (Å²) in [7, 11) is 0. The molecule has 1 aromatic carbocycles. The zero-order valence-electron chi connectivity index (χ0n) is 10.5. The Hall–Kier alpha value is -2.21. The van der Waals surface area contributed by atoms with Crippen molar-refractivity contribution in [2.75, 3.05) is 0 Å².